The van der Waals surface area contributed by atoms with Crippen LogP contribution in [0.5, 0.6) is 0 Å². The molecule has 0 fully saturated rings. The second kappa shape index (κ2) is 5.48. The van der Waals surface area contributed by atoms with Gasteiger partial charge in [0.05, 0.1) is 5.69 Å². The minimum Gasteiger partial charge on any atom is -0.328 e. The average Bonchev–Trinajstić information content (AvgIpc) is 2.85. The van der Waals surface area contributed by atoms with Crippen molar-refractivity contribution in [2.45, 2.75) is 32.9 Å². The van der Waals surface area contributed by atoms with E-state index < -0.39 is 0 Å². The van der Waals surface area contributed by atoms with E-state index in [2.05, 4.69) is 52.1 Å². The molecule has 1 aliphatic rings. The first-order valence-electron chi connectivity index (χ1n) is 7.03. The number of hydrogen-bond acceptors (Lipinski definition) is 3. The Morgan fingerprint density at radius 1 is 1.35 bits per heavy atom. The molecule has 0 radical (unpaired) electrons. The molecule has 0 spiro atoms. The largest absolute Gasteiger partial charge is 0.328 e. The van der Waals surface area contributed by atoms with Crippen molar-refractivity contribution in [3.63, 3.8) is 0 Å². The molecule has 1 aromatic heterocycles. The molecule has 4 heteroatoms. The third-order valence-electron chi connectivity index (χ3n) is 3.94. The van der Waals surface area contributed by atoms with Gasteiger partial charge in [0, 0.05) is 26.1 Å². The van der Waals surface area contributed by atoms with Gasteiger partial charge < -0.3 is 9.88 Å². The van der Waals surface area contributed by atoms with Gasteiger partial charge in [-0.3, -0.25) is 0 Å². The molecule has 0 aliphatic carbocycles. The Hall–Kier alpha value is -2.12. The number of fused-ring (bicyclic) bond motifs is 1. The number of nitrogens with zero attached hydrogens (tertiary/aromatic N) is 3. The van der Waals surface area contributed by atoms with Crippen LogP contribution in [0.25, 0.3) is 0 Å². The molecule has 1 N–H and O–H groups in total. The Bertz CT molecular complexity index is 664. The van der Waals surface area contributed by atoms with E-state index in [1.54, 1.807) is 0 Å². The summed E-state index contributed by atoms with van der Waals surface area (Å²) >= 11 is 0. The highest BCUT2D eigenvalue weighted by Crippen LogP contribution is 2.17. The maximum Gasteiger partial charge on any atom is 0.163 e. The van der Waals surface area contributed by atoms with Crippen molar-refractivity contribution in [3.8, 4) is 6.07 Å². The van der Waals surface area contributed by atoms with Crippen LogP contribution in [0.2, 0.25) is 0 Å². The first-order chi connectivity index (χ1) is 9.79. The minimum absolute atomic E-state index is 0.581. The van der Waals surface area contributed by atoms with Crippen molar-refractivity contribution in [1.82, 2.24) is 14.9 Å². The van der Waals surface area contributed by atoms with E-state index in [1.165, 1.54) is 11.1 Å². The quantitative estimate of drug-likeness (QED) is 0.924. The number of benzene rings is 1. The van der Waals surface area contributed by atoms with Crippen LogP contribution in [-0.4, -0.2) is 16.1 Å². The summed E-state index contributed by atoms with van der Waals surface area (Å²) in [6.07, 6.45) is 1.86. The molecule has 0 saturated carbocycles. The lowest BCUT2D eigenvalue weighted by Gasteiger charge is -2.18. The molecular formula is C16H18N4. The van der Waals surface area contributed by atoms with E-state index >= 15 is 0 Å². The highest BCUT2D eigenvalue weighted by atomic mass is 15.2. The Labute approximate surface area is 119 Å². The van der Waals surface area contributed by atoms with Crippen molar-refractivity contribution >= 4 is 0 Å². The number of aromatic nitrogens is 2. The summed E-state index contributed by atoms with van der Waals surface area (Å²) in [5.41, 5.74) is 4.30. The monoisotopic (exact) mass is 266 g/mol. The van der Waals surface area contributed by atoms with Gasteiger partial charge in [0.1, 0.15) is 11.9 Å². The van der Waals surface area contributed by atoms with Gasteiger partial charge in [0.25, 0.3) is 0 Å². The number of aryl methyl sites for hydroxylation is 3. The lowest BCUT2D eigenvalue weighted by atomic mass is 10.0. The summed E-state index contributed by atoms with van der Waals surface area (Å²) in [5, 5.41) is 12.5. The number of rotatable bonds is 3. The summed E-state index contributed by atoms with van der Waals surface area (Å²) in [5.74, 6) is 1.04. The van der Waals surface area contributed by atoms with Crippen LogP contribution in [-0.2, 0) is 25.9 Å². The molecule has 102 valence electrons. The molecule has 0 saturated heterocycles. The number of nitrogens with one attached hydrogen (secondary N) is 1. The third-order valence-corrected chi connectivity index (χ3v) is 3.94. The molecule has 1 aliphatic heterocycles. The number of imidazole rings is 1. The third kappa shape index (κ3) is 2.33. The van der Waals surface area contributed by atoms with Gasteiger partial charge in [-0.1, -0.05) is 24.3 Å². The molecule has 20 heavy (non-hydrogen) atoms. The van der Waals surface area contributed by atoms with E-state index in [1.807, 2.05) is 0 Å². The van der Waals surface area contributed by atoms with Crippen molar-refractivity contribution in [2.24, 2.45) is 0 Å². The Morgan fingerprint density at radius 3 is 3.00 bits per heavy atom. The van der Waals surface area contributed by atoms with Gasteiger partial charge >= 0.3 is 0 Å². The van der Waals surface area contributed by atoms with E-state index in [0.717, 1.165) is 44.0 Å². The zero-order valence-corrected chi connectivity index (χ0v) is 11.7. The van der Waals surface area contributed by atoms with E-state index in [-0.39, 0.29) is 0 Å². The lowest BCUT2D eigenvalue weighted by Crippen LogP contribution is -2.29. The number of nitriles is 1. The molecule has 3 rings (SSSR count). The van der Waals surface area contributed by atoms with Crippen LogP contribution in [0.3, 0.4) is 0 Å². The van der Waals surface area contributed by atoms with Gasteiger partial charge in [-0.25, -0.2) is 4.98 Å². The Morgan fingerprint density at radius 2 is 2.20 bits per heavy atom. The molecule has 2 heterocycles. The van der Waals surface area contributed by atoms with Crippen molar-refractivity contribution in [2.75, 3.05) is 6.54 Å². The van der Waals surface area contributed by atoms with Gasteiger partial charge in [0.15, 0.2) is 5.69 Å². The van der Waals surface area contributed by atoms with E-state index in [4.69, 9.17) is 0 Å². The van der Waals surface area contributed by atoms with E-state index in [9.17, 15) is 5.26 Å². The lowest BCUT2D eigenvalue weighted by molar-refractivity contribution is 0.500. The van der Waals surface area contributed by atoms with Crippen LogP contribution in [0, 0.1) is 18.3 Å². The summed E-state index contributed by atoms with van der Waals surface area (Å²) in [6, 6.07) is 10.7. The predicted octanol–water partition coefficient (Wildman–Crippen LogP) is 1.95. The maximum atomic E-state index is 9.18. The van der Waals surface area contributed by atoms with Crippen molar-refractivity contribution < 1.29 is 0 Å². The summed E-state index contributed by atoms with van der Waals surface area (Å²) in [4.78, 5) is 4.52. The second-order valence-electron chi connectivity index (χ2n) is 5.19. The number of hydrogen-bond donors (Lipinski definition) is 1. The first-order valence-corrected chi connectivity index (χ1v) is 7.03. The molecule has 4 nitrogen and oxygen atoms in total. The zero-order valence-electron chi connectivity index (χ0n) is 11.7. The van der Waals surface area contributed by atoms with Crippen LogP contribution < -0.4 is 5.32 Å². The van der Waals surface area contributed by atoms with Gasteiger partial charge in [0.2, 0.25) is 0 Å². The standard InChI is InChI=1S/C16H18N4/c1-12-4-2-3-5-13(12)6-7-16-19-14(10-17)15-11-18-8-9-20(15)16/h2-5,18H,6-9,11H2,1H3. The van der Waals surface area contributed by atoms with Crippen molar-refractivity contribution in [1.29, 1.82) is 5.26 Å². The highest BCUT2D eigenvalue weighted by molar-refractivity contribution is 5.31. The molecule has 0 amide bonds. The van der Waals surface area contributed by atoms with Crippen LogP contribution in [0.4, 0.5) is 0 Å². The predicted molar refractivity (Wildman–Crippen MR) is 77.2 cm³/mol. The molecule has 2 aromatic rings. The Kier molecular flexibility index (Phi) is 3.53. The average molecular weight is 266 g/mol. The molecule has 0 bridgehead atoms. The highest BCUT2D eigenvalue weighted by Gasteiger charge is 2.19. The second-order valence-corrected chi connectivity index (χ2v) is 5.19. The molecular weight excluding hydrogens is 248 g/mol. The summed E-state index contributed by atoms with van der Waals surface area (Å²) in [7, 11) is 0. The first kappa shape index (κ1) is 12.9. The molecule has 0 atom stereocenters. The minimum atomic E-state index is 0.581. The molecule has 0 unspecified atom stereocenters. The maximum absolute atomic E-state index is 9.18. The fourth-order valence-electron chi connectivity index (χ4n) is 2.80. The summed E-state index contributed by atoms with van der Waals surface area (Å²) < 4.78 is 2.22. The van der Waals surface area contributed by atoms with Crippen LogP contribution >= 0.6 is 0 Å². The zero-order chi connectivity index (χ0) is 13.9. The smallest absolute Gasteiger partial charge is 0.163 e. The normalized spacial score (nSPS) is 13.8. The van der Waals surface area contributed by atoms with Crippen LogP contribution in [0.1, 0.15) is 28.3 Å². The summed E-state index contributed by atoms with van der Waals surface area (Å²) in [6.45, 7) is 4.75. The van der Waals surface area contributed by atoms with Gasteiger partial charge in [-0.15, -0.1) is 0 Å². The Balaban J connectivity index is 1.83. The fourth-order valence-corrected chi connectivity index (χ4v) is 2.80. The van der Waals surface area contributed by atoms with Gasteiger partial charge in [-0.05, 0) is 24.5 Å². The SMILES string of the molecule is Cc1ccccc1CCc1nc(C#N)c2n1CCNC2. The van der Waals surface area contributed by atoms with E-state index in [0.29, 0.717) is 5.69 Å². The fraction of sp³-hybridized carbons (Fsp3) is 0.375. The molecule has 1 aromatic carbocycles. The topological polar surface area (TPSA) is 53.6 Å². The van der Waals surface area contributed by atoms with Gasteiger partial charge in [-0.2, -0.15) is 5.26 Å². The van der Waals surface area contributed by atoms with Crippen LogP contribution in [0.15, 0.2) is 24.3 Å². The van der Waals surface area contributed by atoms with Crippen molar-refractivity contribution in [3.05, 3.63) is 52.6 Å².